The van der Waals surface area contributed by atoms with Crippen molar-refractivity contribution in [2.45, 2.75) is 65.6 Å². The van der Waals surface area contributed by atoms with Crippen LogP contribution in [-0.4, -0.2) is 31.1 Å². The summed E-state index contributed by atoms with van der Waals surface area (Å²) in [5.74, 6) is 0. The van der Waals surface area contributed by atoms with Gasteiger partial charge in [0, 0.05) is 24.8 Å². The summed E-state index contributed by atoms with van der Waals surface area (Å²) in [5.41, 5.74) is 8.64. The van der Waals surface area contributed by atoms with Crippen LogP contribution in [0.1, 0.15) is 55.0 Å². The minimum Gasteiger partial charge on any atom is -0.381 e. The van der Waals surface area contributed by atoms with Crippen molar-refractivity contribution < 1.29 is 0 Å². The highest BCUT2D eigenvalue weighted by atomic mass is 15.1. The predicted molar refractivity (Wildman–Crippen MR) is 121 cm³/mol. The minimum absolute atomic E-state index is 0.571. The van der Waals surface area contributed by atoms with E-state index < -0.39 is 0 Å². The number of fused-ring (bicyclic) bond motifs is 1. The molecule has 0 aliphatic carbocycles. The lowest BCUT2D eigenvalue weighted by Crippen LogP contribution is -2.25. The monoisotopic (exact) mass is 379 g/mol. The van der Waals surface area contributed by atoms with Crippen LogP contribution in [0.15, 0.2) is 36.4 Å². The van der Waals surface area contributed by atoms with E-state index in [2.05, 4.69) is 79.8 Å². The Bertz CT molecular complexity index is 749. The highest BCUT2D eigenvalue weighted by Gasteiger charge is 2.15. The summed E-state index contributed by atoms with van der Waals surface area (Å²) in [4.78, 5) is 2.37. The lowest BCUT2D eigenvalue weighted by Gasteiger charge is -2.21. The minimum atomic E-state index is 0.571. The van der Waals surface area contributed by atoms with Gasteiger partial charge in [-0.15, -0.1) is 0 Å². The van der Waals surface area contributed by atoms with E-state index in [9.17, 15) is 0 Å². The zero-order chi connectivity index (χ0) is 19.9. The number of rotatable bonds is 8. The number of benzene rings is 2. The van der Waals surface area contributed by atoms with Crippen molar-refractivity contribution in [2.75, 3.05) is 25.5 Å². The molecule has 2 aromatic carbocycles. The Balaban J connectivity index is 1.73. The molecule has 28 heavy (non-hydrogen) atoms. The fourth-order valence-electron chi connectivity index (χ4n) is 3.94. The summed E-state index contributed by atoms with van der Waals surface area (Å²) in [6, 6.07) is 14.4. The van der Waals surface area contributed by atoms with Gasteiger partial charge in [-0.2, -0.15) is 0 Å². The molecule has 0 unspecified atom stereocenters. The molecule has 2 aromatic rings. The average molecular weight is 380 g/mol. The van der Waals surface area contributed by atoms with Gasteiger partial charge in [0.25, 0.3) is 0 Å². The van der Waals surface area contributed by atoms with E-state index in [-0.39, 0.29) is 0 Å². The van der Waals surface area contributed by atoms with Crippen molar-refractivity contribution in [2.24, 2.45) is 0 Å². The number of nitrogens with one attached hydrogen (secondary N) is 2. The second-order valence-electron chi connectivity index (χ2n) is 8.42. The first-order valence-corrected chi connectivity index (χ1v) is 10.9. The standard InChI is InChI=1S/C25H37N3/c1-5-6-23-12-11-22-13-15-26-16-14-24(22)25(23)27-17-20-7-9-21(10-8-20)18-28(4)19(2)3/h7-12,19,26-27H,5-6,13-18H2,1-4H3. The Morgan fingerprint density at radius 3 is 2.43 bits per heavy atom. The van der Waals surface area contributed by atoms with Crippen LogP contribution in [0.4, 0.5) is 5.69 Å². The van der Waals surface area contributed by atoms with Gasteiger partial charge in [-0.05, 0) is 81.1 Å². The van der Waals surface area contributed by atoms with Crippen molar-refractivity contribution in [3.8, 4) is 0 Å². The molecule has 1 aliphatic rings. The van der Waals surface area contributed by atoms with Gasteiger partial charge in [0.15, 0.2) is 0 Å². The molecule has 0 radical (unpaired) electrons. The van der Waals surface area contributed by atoms with Gasteiger partial charge in [-0.1, -0.05) is 49.7 Å². The van der Waals surface area contributed by atoms with Gasteiger partial charge in [0.05, 0.1) is 0 Å². The van der Waals surface area contributed by atoms with Gasteiger partial charge in [0.2, 0.25) is 0 Å². The van der Waals surface area contributed by atoms with Crippen molar-refractivity contribution in [3.05, 3.63) is 64.2 Å². The number of hydrogen-bond donors (Lipinski definition) is 2. The van der Waals surface area contributed by atoms with Crippen LogP contribution >= 0.6 is 0 Å². The Morgan fingerprint density at radius 1 is 1.00 bits per heavy atom. The number of aryl methyl sites for hydroxylation is 1. The van der Waals surface area contributed by atoms with Gasteiger partial charge >= 0.3 is 0 Å². The second-order valence-corrected chi connectivity index (χ2v) is 8.42. The molecule has 0 fully saturated rings. The Morgan fingerprint density at radius 2 is 1.71 bits per heavy atom. The first-order valence-electron chi connectivity index (χ1n) is 10.9. The van der Waals surface area contributed by atoms with Crippen LogP contribution in [0.25, 0.3) is 0 Å². The van der Waals surface area contributed by atoms with Crippen molar-refractivity contribution in [3.63, 3.8) is 0 Å². The van der Waals surface area contributed by atoms with E-state index in [4.69, 9.17) is 0 Å². The highest BCUT2D eigenvalue weighted by molar-refractivity contribution is 5.61. The summed E-state index contributed by atoms with van der Waals surface area (Å²) in [7, 11) is 2.19. The normalized spacial score (nSPS) is 14.2. The summed E-state index contributed by atoms with van der Waals surface area (Å²) in [6.45, 7) is 10.8. The molecule has 3 rings (SSSR count). The number of anilines is 1. The average Bonchev–Trinajstić information content (AvgIpc) is 2.94. The zero-order valence-electron chi connectivity index (χ0n) is 18.1. The maximum Gasteiger partial charge on any atom is 0.0411 e. The molecule has 3 nitrogen and oxygen atoms in total. The van der Waals surface area contributed by atoms with E-state index in [1.54, 1.807) is 0 Å². The van der Waals surface area contributed by atoms with Gasteiger partial charge in [-0.3, -0.25) is 4.90 Å². The third kappa shape index (κ3) is 5.36. The first kappa shape index (κ1) is 20.9. The van der Waals surface area contributed by atoms with E-state index >= 15 is 0 Å². The van der Waals surface area contributed by atoms with Gasteiger partial charge < -0.3 is 10.6 Å². The molecular weight excluding hydrogens is 342 g/mol. The Labute approximate surface area is 171 Å². The molecule has 2 N–H and O–H groups in total. The van der Waals surface area contributed by atoms with Crippen molar-refractivity contribution in [1.29, 1.82) is 0 Å². The fraction of sp³-hybridized carbons (Fsp3) is 0.520. The van der Waals surface area contributed by atoms with E-state index in [1.807, 2.05) is 0 Å². The first-order chi connectivity index (χ1) is 13.6. The van der Waals surface area contributed by atoms with Crippen LogP contribution in [0.3, 0.4) is 0 Å². The molecule has 0 spiro atoms. The molecular formula is C25H37N3. The lowest BCUT2D eigenvalue weighted by molar-refractivity contribution is 0.266. The maximum absolute atomic E-state index is 3.81. The molecule has 0 aromatic heterocycles. The van der Waals surface area contributed by atoms with Crippen LogP contribution in [0, 0.1) is 0 Å². The molecule has 0 saturated heterocycles. The number of hydrogen-bond acceptors (Lipinski definition) is 3. The molecule has 1 aliphatic heterocycles. The van der Waals surface area contributed by atoms with Gasteiger partial charge in [0.1, 0.15) is 0 Å². The Hall–Kier alpha value is -1.84. The molecule has 1 heterocycles. The van der Waals surface area contributed by atoms with Crippen molar-refractivity contribution in [1.82, 2.24) is 10.2 Å². The lowest BCUT2D eigenvalue weighted by atomic mass is 9.95. The summed E-state index contributed by atoms with van der Waals surface area (Å²) >= 11 is 0. The summed E-state index contributed by atoms with van der Waals surface area (Å²) in [6.07, 6.45) is 4.58. The van der Waals surface area contributed by atoms with Crippen LogP contribution in [-0.2, 0) is 32.4 Å². The maximum atomic E-state index is 3.81. The third-order valence-electron chi connectivity index (χ3n) is 5.94. The van der Waals surface area contributed by atoms with E-state index in [0.29, 0.717) is 6.04 Å². The SMILES string of the molecule is CCCc1ccc2c(c1NCc1ccc(CN(C)C(C)C)cc1)CCNCC2. The predicted octanol–water partition coefficient (Wildman–Crippen LogP) is 4.78. The van der Waals surface area contributed by atoms with E-state index in [1.165, 1.54) is 39.9 Å². The molecule has 0 bridgehead atoms. The molecule has 0 atom stereocenters. The van der Waals surface area contributed by atoms with Crippen molar-refractivity contribution >= 4 is 5.69 Å². The van der Waals surface area contributed by atoms with Crippen LogP contribution < -0.4 is 10.6 Å². The fourth-order valence-corrected chi connectivity index (χ4v) is 3.94. The molecule has 0 amide bonds. The zero-order valence-corrected chi connectivity index (χ0v) is 18.1. The topological polar surface area (TPSA) is 27.3 Å². The quantitative estimate of drug-likeness (QED) is 0.691. The summed E-state index contributed by atoms with van der Waals surface area (Å²) in [5, 5.41) is 7.36. The Kier molecular flexibility index (Phi) is 7.52. The van der Waals surface area contributed by atoms with E-state index in [0.717, 1.165) is 45.4 Å². The number of nitrogens with zero attached hydrogens (tertiary/aromatic N) is 1. The van der Waals surface area contributed by atoms with Crippen LogP contribution in [0.5, 0.6) is 0 Å². The molecule has 3 heteroatoms. The summed E-state index contributed by atoms with van der Waals surface area (Å²) < 4.78 is 0. The smallest absolute Gasteiger partial charge is 0.0411 e. The molecule has 152 valence electrons. The third-order valence-corrected chi connectivity index (χ3v) is 5.94. The largest absolute Gasteiger partial charge is 0.381 e. The highest BCUT2D eigenvalue weighted by Crippen LogP contribution is 2.29. The molecule has 0 saturated carbocycles. The van der Waals surface area contributed by atoms with Gasteiger partial charge in [-0.25, -0.2) is 0 Å². The van der Waals surface area contributed by atoms with Crippen LogP contribution in [0.2, 0.25) is 0 Å². The second kappa shape index (κ2) is 10.1.